The molecule has 80 valence electrons. The number of aliphatic hydroxyl groups excluding tert-OH is 3. The zero-order valence-electron chi connectivity index (χ0n) is 6.91. The maximum atomic E-state index is 9.63. The number of hydrogen-bond donors (Lipinski definition) is 4. The van der Waals surface area contributed by atoms with Gasteiger partial charge in [0.2, 0.25) is 0 Å². The molecule has 0 aliphatic carbocycles. The van der Waals surface area contributed by atoms with E-state index in [1.807, 2.05) is 0 Å². The van der Waals surface area contributed by atoms with Crippen molar-refractivity contribution in [2.24, 2.45) is 0 Å². The van der Waals surface area contributed by atoms with Crippen LogP contribution in [0.2, 0.25) is 0 Å². The highest BCUT2D eigenvalue weighted by molar-refractivity contribution is 8.01. The minimum Gasteiger partial charge on any atom is -0.394 e. The molecule has 0 fully saturated rings. The van der Waals surface area contributed by atoms with Crippen LogP contribution in [0.4, 0.5) is 0 Å². The SMILES string of the molecule is CC(=O)S(=O)(=O)O.OCC(O)CO. The lowest BCUT2D eigenvalue weighted by Crippen LogP contribution is -2.15. The Bertz CT molecular complexity index is 227. The third kappa shape index (κ3) is 11.5. The lowest BCUT2D eigenvalue weighted by Gasteiger charge is -1.96. The number of carbonyl (C=O) groups excluding carboxylic acids is 1. The zero-order chi connectivity index (χ0) is 11.1. The van der Waals surface area contributed by atoms with E-state index in [9.17, 15) is 13.2 Å². The summed E-state index contributed by atoms with van der Waals surface area (Å²) in [5.74, 6) is 0. The summed E-state index contributed by atoms with van der Waals surface area (Å²) in [5, 5.41) is 22.8. The maximum Gasteiger partial charge on any atom is 0.328 e. The Morgan fingerprint density at radius 2 is 1.54 bits per heavy atom. The Labute approximate surface area is 75.4 Å². The van der Waals surface area contributed by atoms with Crippen molar-refractivity contribution >= 4 is 15.2 Å². The zero-order valence-corrected chi connectivity index (χ0v) is 7.73. The molecular formula is C5H12O7S. The van der Waals surface area contributed by atoms with Crippen LogP contribution in [0.5, 0.6) is 0 Å². The third-order valence-corrected chi connectivity index (χ3v) is 1.51. The first-order valence-electron chi connectivity index (χ1n) is 3.13. The van der Waals surface area contributed by atoms with Crippen molar-refractivity contribution in [3.8, 4) is 0 Å². The molecule has 0 unspecified atom stereocenters. The Balaban J connectivity index is 0. The average molecular weight is 216 g/mol. The number of rotatable bonds is 2. The van der Waals surface area contributed by atoms with Crippen molar-refractivity contribution < 1.29 is 33.1 Å². The largest absolute Gasteiger partial charge is 0.394 e. The molecule has 0 atom stereocenters. The van der Waals surface area contributed by atoms with E-state index in [0.717, 1.165) is 6.92 Å². The lowest BCUT2D eigenvalue weighted by molar-refractivity contribution is -0.110. The van der Waals surface area contributed by atoms with E-state index >= 15 is 0 Å². The van der Waals surface area contributed by atoms with Crippen molar-refractivity contribution in [2.45, 2.75) is 13.0 Å². The lowest BCUT2D eigenvalue weighted by atomic mass is 10.4. The summed E-state index contributed by atoms with van der Waals surface area (Å²) < 4.78 is 26.8. The van der Waals surface area contributed by atoms with Crippen molar-refractivity contribution in [2.75, 3.05) is 13.2 Å². The highest BCUT2D eigenvalue weighted by atomic mass is 32.2. The fraction of sp³-hybridized carbons (Fsp3) is 0.800. The van der Waals surface area contributed by atoms with E-state index in [1.165, 1.54) is 0 Å². The van der Waals surface area contributed by atoms with Crippen LogP contribution in [0.1, 0.15) is 6.92 Å². The van der Waals surface area contributed by atoms with E-state index in [-0.39, 0.29) is 13.2 Å². The van der Waals surface area contributed by atoms with Crippen molar-refractivity contribution in [3.63, 3.8) is 0 Å². The molecule has 0 aromatic heterocycles. The van der Waals surface area contributed by atoms with Gasteiger partial charge in [-0.1, -0.05) is 0 Å². The average Bonchev–Trinajstić information content (AvgIpc) is 2.02. The summed E-state index contributed by atoms with van der Waals surface area (Å²) >= 11 is 0. The van der Waals surface area contributed by atoms with Crippen molar-refractivity contribution in [3.05, 3.63) is 0 Å². The second-order valence-corrected chi connectivity index (χ2v) is 3.51. The molecule has 0 aromatic carbocycles. The fourth-order valence-electron chi connectivity index (χ4n) is 0.0577. The summed E-state index contributed by atoms with van der Waals surface area (Å²) in [6.45, 7) is 0.0440. The normalized spacial score (nSPS) is 10.6. The summed E-state index contributed by atoms with van der Waals surface area (Å²) in [5.41, 5.74) is 0. The van der Waals surface area contributed by atoms with Crippen LogP contribution in [0.15, 0.2) is 0 Å². The van der Waals surface area contributed by atoms with Crippen molar-refractivity contribution in [1.82, 2.24) is 0 Å². The van der Waals surface area contributed by atoms with Crippen LogP contribution in [-0.2, 0) is 14.9 Å². The van der Waals surface area contributed by atoms with Crippen molar-refractivity contribution in [1.29, 1.82) is 0 Å². The highest BCUT2D eigenvalue weighted by Gasteiger charge is 2.09. The van der Waals surface area contributed by atoms with E-state index in [0.29, 0.717) is 0 Å². The van der Waals surface area contributed by atoms with Gasteiger partial charge in [-0.05, 0) is 0 Å². The smallest absolute Gasteiger partial charge is 0.328 e. The monoisotopic (exact) mass is 216 g/mol. The molecule has 0 rings (SSSR count). The maximum absolute atomic E-state index is 9.63. The first-order valence-corrected chi connectivity index (χ1v) is 4.57. The van der Waals surface area contributed by atoms with Crippen LogP contribution >= 0.6 is 0 Å². The Morgan fingerprint density at radius 1 is 1.31 bits per heavy atom. The second kappa shape index (κ2) is 6.92. The third-order valence-electron chi connectivity index (χ3n) is 0.785. The van der Waals surface area contributed by atoms with Gasteiger partial charge in [0.05, 0.1) is 13.2 Å². The molecule has 0 amide bonds. The number of hydrogen-bond acceptors (Lipinski definition) is 6. The van der Waals surface area contributed by atoms with Crippen LogP contribution in [0, 0.1) is 0 Å². The molecule has 0 saturated heterocycles. The molecular weight excluding hydrogens is 204 g/mol. The summed E-state index contributed by atoms with van der Waals surface area (Å²) in [6.07, 6.45) is -0.954. The number of aliphatic hydroxyl groups is 3. The van der Waals surface area contributed by atoms with Gasteiger partial charge in [-0.25, -0.2) is 0 Å². The minimum absolute atomic E-state index is 0.365. The summed E-state index contributed by atoms with van der Waals surface area (Å²) in [4.78, 5) is 9.63. The number of carbonyl (C=O) groups is 1. The van der Waals surface area contributed by atoms with Crippen LogP contribution < -0.4 is 0 Å². The molecule has 0 aliphatic heterocycles. The molecule has 8 heteroatoms. The van der Waals surface area contributed by atoms with Gasteiger partial charge in [-0.3, -0.25) is 9.35 Å². The van der Waals surface area contributed by atoms with Gasteiger partial charge in [0, 0.05) is 6.92 Å². The van der Waals surface area contributed by atoms with E-state index in [4.69, 9.17) is 19.9 Å². The second-order valence-electron chi connectivity index (χ2n) is 1.99. The van der Waals surface area contributed by atoms with E-state index < -0.39 is 21.3 Å². The molecule has 0 heterocycles. The standard InChI is InChI=1S/C3H8O3.C2H4O4S/c4-1-3(6)2-5;1-2(3)7(4,5)6/h3-6H,1-2H2;1H3,(H,4,5,6). The van der Waals surface area contributed by atoms with Gasteiger partial charge in [-0.2, -0.15) is 8.42 Å². The summed E-state index contributed by atoms with van der Waals surface area (Å²) in [7, 11) is -4.38. The van der Waals surface area contributed by atoms with Gasteiger partial charge in [0.15, 0.2) is 0 Å². The molecule has 0 saturated carbocycles. The predicted molar refractivity (Wildman–Crippen MR) is 42.4 cm³/mol. The first kappa shape index (κ1) is 15.0. The van der Waals surface area contributed by atoms with Crippen LogP contribution in [-0.4, -0.2) is 52.7 Å². The molecule has 0 radical (unpaired) electrons. The van der Waals surface area contributed by atoms with Gasteiger partial charge >= 0.3 is 10.1 Å². The molecule has 0 bridgehead atoms. The van der Waals surface area contributed by atoms with Crippen LogP contribution in [0.25, 0.3) is 0 Å². The quantitative estimate of drug-likeness (QED) is 0.383. The Morgan fingerprint density at radius 3 is 1.54 bits per heavy atom. The molecule has 13 heavy (non-hydrogen) atoms. The minimum atomic E-state index is -4.38. The fourth-order valence-corrected chi connectivity index (χ4v) is 0.0577. The summed E-state index contributed by atoms with van der Waals surface area (Å²) in [6, 6.07) is 0. The molecule has 0 spiro atoms. The van der Waals surface area contributed by atoms with E-state index in [1.54, 1.807) is 0 Å². The Kier molecular flexibility index (Phi) is 7.96. The highest BCUT2D eigenvalue weighted by Crippen LogP contribution is 1.79. The van der Waals surface area contributed by atoms with Gasteiger partial charge in [-0.15, -0.1) is 0 Å². The van der Waals surface area contributed by atoms with Crippen LogP contribution in [0.3, 0.4) is 0 Å². The van der Waals surface area contributed by atoms with Gasteiger partial charge < -0.3 is 15.3 Å². The molecule has 7 nitrogen and oxygen atoms in total. The molecule has 4 N–H and O–H groups in total. The van der Waals surface area contributed by atoms with Gasteiger partial charge in [0.25, 0.3) is 5.12 Å². The Hall–Kier alpha value is -0.540. The van der Waals surface area contributed by atoms with E-state index in [2.05, 4.69) is 0 Å². The topological polar surface area (TPSA) is 132 Å². The predicted octanol–water partition coefficient (Wildman–Crippen LogP) is -2.25. The first-order chi connectivity index (χ1) is 5.75. The molecule has 0 aliphatic rings. The molecule has 0 aromatic rings. The van der Waals surface area contributed by atoms with Gasteiger partial charge in [0.1, 0.15) is 6.10 Å².